The fourth-order valence-corrected chi connectivity index (χ4v) is 7.10. The smallest absolute Gasteiger partial charge is 0.409 e. The number of hydrogen-bond donors (Lipinski definition) is 1. The van der Waals surface area contributed by atoms with E-state index in [0.717, 1.165) is 59.3 Å². The Morgan fingerprint density at radius 1 is 1.16 bits per heavy atom. The molecule has 45 heavy (non-hydrogen) atoms. The van der Waals surface area contributed by atoms with E-state index in [1.54, 1.807) is 19.6 Å². The number of aryl methyl sites for hydroxylation is 1. The van der Waals surface area contributed by atoms with E-state index in [4.69, 9.17) is 26.1 Å². The van der Waals surface area contributed by atoms with Crippen molar-refractivity contribution in [2.24, 2.45) is 18.4 Å². The number of rotatable bonds is 8. The second-order valence-electron chi connectivity index (χ2n) is 13.5. The molecule has 3 aliphatic carbocycles. The third-order valence-corrected chi connectivity index (χ3v) is 10.5. The molecular weight excluding hydrogens is 590 g/mol. The standard InChI is InChI=1S/C35H40ClN5O4/c1-34(10-11-34)20-45-33(43)41-15-8-22(9-16-41)29-25-7-6-24(36)18-26(25)27(17-23-5-4-14-38-30(23)29)31(28-19-37-21-40(28)2)39-32(42)35(44-3)12-13-35/h4-7,14,17-19,21-22,29,31H,8-13,15-16,20H2,1-3H3,(H,39,42). The van der Waals surface area contributed by atoms with Gasteiger partial charge in [-0.15, -0.1) is 0 Å². The van der Waals surface area contributed by atoms with E-state index < -0.39 is 11.6 Å². The Morgan fingerprint density at radius 2 is 1.93 bits per heavy atom. The highest BCUT2D eigenvalue weighted by molar-refractivity contribution is 6.30. The first-order chi connectivity index (χ1) is 21.7. The summed E-state index contributed by atoms with van der Waals surface area (Å²) in [6.07, 6.45) is 12.6. The van der Waals surface area contributed by atoms with Crippen LogP contribution in [-0.2, 0) is 21.3 Å². The van der Waals surface area contributed by atoms with Gasteiger partial charge in [0.1, 0.15) is 5.60 Å². The number of nitrogens with zero attached hydrogens (tertiary/aromatic N) is 4. The summed E-state index contributed by atoms with van der Waals surface area (Å²) in [7, 11) is 3.53. The van der Waals surface area contributed by atoms with Gasteiger partial charge in [-0.25, -0.2) is 9.78 Å². The lowest BCUT2D eigenvalue weighted by Gasteiger charge is -2.36. The summed E-state index contributed by atoms with van der Waals surface area (Å²) in [6.45, 7) is 3.93. The molecular formula is C35H40ClN5O4. The number of ether oxygens (including phenoxy) is 2. The number of piperidine rings is 1. The van der Waals surface area contributed by atoms with E-state index in [2.05, 4.69) is 35.4 Å². The molecule has 2 aromatic heterocycles. The highest BCUT2D eigenvalue weighted by atomic mass is 35.5. The van der Waals surface area contributed by atoms with Crippen LogP contribution in [0.4, 0.5) is 4.79 Å². The number of halogens is 1. The molecule has 9 nitrogen and oxygen atoms in total. The molecule has 0 radical (unpaired) electrons. The number of carbonyl (C=O) groups excluding carboxylic acids is 2. The van der Waals surface area contributed by atoms with Crippen molar-refractivity contribution in [1.29, 1.82) is 0 Å². The summed E-state index contributed by atoms with van der Waals surface area (Å²) in [6, 6.07) is 9.58. The number of imidazole rings is 1. The summed E-state index contributed by atoms with van der Waals surface area (Å²) >= 11 is 6.71. The summed E-state index contributed by atoms with van der Waals surface area (Å²) in [5.74, 6) is 0.0783. The van der Waals surface area contributed by atoms with E-state index in [-0.39, 0.29) is 29.3 Å². The van der Waals surface area contributed by atoms with E-state index >= 15 is 0 Å². The first kappa shape index (κ1) is 30.0. The number of nitrogens with one attached hydrogen (secondary N) is 1. The van der Waals surface area contributed by atoms with Gasteiger partial charge in [-0.3, -0.25) is 9.78 Å². The average molecular weight is 630 g/mol. The molecule has 1 N–H and O–H groups in total. The molecule has 236 valence electrons. The van der Waals surface area contributed by atoms with Crippen LogP contribution in [0.3, 0.4) is 0 Å². The van der Waals surface area contributed by atoms with Crippen molar-refractivity contribution in [3.63, 3.8) is 0 Å². The van der Waals surface area contributed by atoms with E-state index in [1.807, 2.05) is 40.9 Å². The Balaban J connectivity index is 1.25. The van der Waals surface area contributed by atoms with Crippen molar-refractivity contribution >= 4 is 35.3 Å². The lowest BCUT2D eigenvalue weighted by Crippen LogP contribution is -2.41. The monoisotopic (exact) mass is 629 g/mol. The summed E-state index contributed by atoms with van der Waals surface area (Å²) in [5.41, 5.74) is 5.20. The molecule has 2 amide bonds. The maximum Gasteiger partial charge on any atom is 0.409 e. The largest absolute Gasteiger partial charge is 0.449 e. The zero-order chi connectivity index (χ0) is 31.3. The topological polar surface area (TPSA) is 98.6 Å². The highest BCUT2D eigenvalue weighted by Crippen LogP contribution is 2.49. The molecule has 3 fully saturated rings. The van der Waals surface area contributed by atoms with Crippen LogP contribution in [-0.4, -0.2) is 63.8 Å². The minimum Gasteiger partial charge on any atom is -0.449 e. The van der Waals surface area contributed by atoms with Crippen molar-refractivity contribution < 1.29 is 19.1 Å². The van der Waals surface area contributed by atoms with Gasteiger partial charge in [-0.05, 0) is 91.0 Å². The Kier molecular flexibility index (Phi) is 7.72. The Hall–Kier alpha value is -3.69. The number of amides is 2. The second-order valence-corrected chi connectivity index (χ2v) is 13.9. The molecule has 1 aromatic carbocycles. The minimum absolute atomic E-state index is 0.0256. The van der Waals surface area contributed by atoms with Gasteiger partial charge in [-0.1, -0.05) is 30.7 Å². The van der Waals surface area contributed by atoms with Gasteiger partial charge >= 0.3 is 6.09 Å². The van der Waals surface area contributed by atoms with E-state index in [9.17, 15) is 9.59 Å². The number of aromatic nitrogens is 3. The molecule has 3 aromatic rings. The predicted octanol–water partition coefficient (Wildman–Crippen LogP) is 6.14. The van der Waals surface area contributed by atoms with Crippen LogP contribution in [0.25, 0.3) is 11.6 Å². The van der Waals surface area contributed by atoms with Gasteiger partial charge in [0, 0.05) is 49.8 Å². The van der Waals surface area contributed by atoms with Crippen LogP contribution >= 0.6 is 11.6 Å². The number of methoxy groups -OCH3 is 1. The molecule has 2 saturated carbocycles. The molecule has 4 aliphatic rings. The summed E-state index contributed by atoms with van der Waals surface area (Å²) in [4.78, 5) is 37.8. The molecule has 1 saturated heterocycles. The molecule has 7 rings (SSSR count). The van der Waals surface area contributed by atoms with Crippen LogP contribution in [0, 0.1) is 11.3 Å². The number of pyridine rings is 1. The molecule has 2 unspecified atom stereocenters. The highest BCUT2D eigenvalue weighted by Gasteiger charge is 2.51. The van der Waals surface area contributed by atoms with Crippen molar-refractivity contribution in [2.45, 2.75) is 63.0 Å². The van der Waals surface area contributed by atoms with Gasteiger partial charge in [0.05, 0.1) is 36.6 Å². The zero-order valence-corrected chi connectivity index (χ0v) is 26.8. The van der Waals surface area contributed by atoms with Crippen LogP contribution in [0.2, 0.25) is 5.02 Å². The second kappa shape index (κ2) is 11.6. The molecule has 2 atom stereocenters. The van der Waals surface area contributed by atoms with Gasteiger partial charge in [-0.2, -0.15) is 0 Å². The molecule has 0 spiro atoms. The number of benzene rings is 1. The molecule has 1 aliphatic heterocycles. The van der Waals surface area contributed by atoms with Crippen molar-refractivity contribution in [3.05, 3.63) is 82.2 Å². The summed E-state index contributed by atoms with van der Waals surface area (Å²) in [5, 5.41) is 3.94. The number of hydrogen-bond acceptors (Lipinski definition) is 6. The van der Waals surface area contributed by atoms with E-state index in [0.29, 0.717) is 37.6 Å². The summed E-state index contributed by atoms with van der Waals surface area (Å²) < 4.78 is 13.3. The molecule has 10 heteroatoms. The first-order valence-electron chi connectivity index (χ1n) is 15.9. The molecule has 0 bridgehead atoms. The fraction of sp³-hybridized carbons (Fsp3) is 0.486. The Morgan fingerprint density at radius 3 is 2.60 bits per heavy atom. The lowest BCUT2D eigenvalue weighted by atomic mass is 9.75. The first-order valence-corrected chi connectivity index (χ1v) is 16.3. The normalized spacial score (nSPS) is 21.9. The maximum absolute atomic E-state index is 13.7. The van der Waals surface area contributed by atoms with Gasteiger partial charge in [0.15, 0.2) is 0 Å². The van der Waals surface area contributed by atoms with E-state index in [1.165, 1.54) is 0 Å². The van der Waals surface area contributed by atoms with Crippen LogP contribution in [0.1, 0.15) is 85.5 Å². The quantitative estimate of drug-likeness (QED) is 0.321. The van der Waals surface area contributed by atoms with Crippen LogP contribution < -0.4 is 5.32 Å². The average Bonchev–Trinajstić information content (AvgIpc) is 3.97. The van der Waals surface area contributed by atoms with Crippen molar-refractivity contribution in [3.8, 4) is 0 Å². The van der Waals surface area contributed by atoms with Gasteiger partial charge in [0.25, 0.3) is 5.91 Å². The fourth-order valence-electron chi connectivity index (χ4n) is 6.93. The van der Waals surface area contributed by atoms with Gasteiger partial charge < -0.3 is 24.3 Å². The number of fused-ring (bicyclic) bond motifs is 2. The van der Waals surface area contributed by atoms with Gasteiger partial charge in [0.2, 0.25) is 0 Å². The third kappa shape index (κ3) is 5.76. The Labute approximate surface area is 269 Å². The SMILES string of the molecule is COC1(C(=O)NC(C2=Cc3cccnc3C(C3CCN(C(=O)OCC4(C)CC4)CC3)c3ccc(Cl)cc32)c2cncn2C)CC1. The van der Waals surface area contributed by atoms with Crippen molar-refractivity contribution in [1.82, 2.24) is 24.8 Å². The molecule has 3 heterocycles. The van der Waals surface area contributed by atoms with Crippen molar-refractivity contribution in [2.75, 3.05) is 26.8 Å². The van der Waals surface area contributed by atoms with Crippen LogP contribution in [0.15, 0.2) is 49.1 Å². The lowest BCUT2D eigenvalue weighted by molar-refractivity contribution is -0.134. The predicted molar refractivity (Wildman–Crippen MR) is 171 cm³/mol. The number of carbonyl (C=O) groups is 2. The van der Waals surface area contributed by atoms with Crippen LogP contribution in [0.5, 0.6) is 0 Å². The maximum atomic E-state index is 13.7. The Bertz CT molecular complexity index is 1650. The minimum atomic E-state index is -0.799. The number of likely N-dealkylation sites (tertiary alicyclic amines) is 1. The third-order valence-electron chi connectivity index (χ3n) is 10.3. The zero-order valence-electron chi connectivity index (χ0n) is 26.1.